The molecule has 2 rings (SSSR count). The molecule has 0 bridgehead atoms. The first-order valence-corrected chi connectivity index (χ1v) is 4.91. The van der Waals surface area contributed by atoms with Gasteiger partial charge >= 0.3 is 0 Å². The molecule has 5 heteroatoms. The monoisotopic (exact) mass is 223 g/mol. The number of halogens is 2. The Morgan fingerprint density at radius 1 is 1.31 bits per heavy atom. The maximum atomic E-state index is 13.0. The minimum atomic E-state index is -0.912. The van der Waals surface area contributed by atoms with Gasteiger partial charge in [0.15, 0.2) is 11.6 Å². The largest absolute Gasteiger partial charge is 0.383 e. The van der Waals surface area contributed by atoms with Crippen LogP contribution in [0.5, 0.6) is 0 Å². The fraction of sp³-hybridized carbons (Fsp3) is 0.182. The van der Waals surface area contributed by atoms with Crippen molar-refractivity contribution in [3.8, 4) is 5.69 Å². The number of hydrogen-bond acceptors (Lipinski definition) is 2. The molecular formula is C11H11F2N3. The highest BCUT2D eigenvalue weighted by Crippen LogP contribution is 2.19. The predicted molar refractivity (Wildman–Crippen MR) is 57.3 cm³/mol. The number of anilines is 1. The minimum absolute atomic E-state index is 0.413. The van der Waals surface area contributed by atoms with Crippen LogP contribution in [0.2, 0.25) is 0 Å². The van der Waals surface area contributed by atoms with Gasteiger partial charge in [0.1, 0.15) is 5.82 Å². The maximum Gasteiger partial charge on any atom is 0.160 e. The Balaban J connectivity index is 2.50. The molecule has 1 aromatic carbocycles. The molecule has 2 N–H and O–H groups in total. The average Bonchev–Trinajstić information content (AvgIpc) is 2.64. The van der Waals surface area contributed by atoms with Crippen molar-refractivity contribution in [3.63, 3.8) is 0 Å². The first kappa shape index (κ1) is 10.6. The summed E-state index contributed by atoms with van der Waals surface area (Å²) in [4.78, 5) is 0. The lowest BCUT2D eigenvalue weighted by Crippen LogP contribution is -2.03. The summed E-state index contributed by atoms with van der Waals surface area (Å²) in [6.45, 7) is 1.95. The van der Waals surface area contributed by atoms with Gasteiger partial charge in [0.05, 0.1) is 11.9 Å². The van der Waals surface area contributed by atoms with Crippen LogP contribution in [0.15, 0.2) is 24.4 Å². The molecule has 0 aliphatic carbocycles. The molecule has 0 fully saturated rings. The van der Waals surface area contributed by atoms with E-state index < -0.39 is 11.6 Å². The summed E-state index contributed by atoms with van der Waals surface area (Å²) in [6.07, 6.45) is 2.37. The van der Waals surface area contributed by atoms with Crippen molar-refractivity contribution in [2.24, 2.45) is 0 Å². The molecule has 0 saturated heterocycles. The van der Waals surface area contributed by atoms with Crippen molar-refractivity contribution in [2.45, 2.75) is 13.3 Å². The predicted octanol–water partition coefficient (Wildman–Crippen LogP) is 2.30. The van der Waals surface area contributed by atoms with E-state index in [1.807, 2.05) is 6.92 Å². The molecule has 0 unspecified atom stereocenters. The van der Waals surface area contributed by atoms with Crippen LogP contribution >= 0.6 is 0 Å². The van der Waals surface area contributed by atoms with Gasteiger partial charge in [-0.15, -0.1) is 0 Å². The summed E-state index contributed by atoms with van der Waals surface area (Å²) in [5.74, 6) is -1.34. The normalized spacial score (nSPS) is 10.7. The lowest BCUT2D eigenvalue weighted by molar-refractivity contribution is 0.507. The van der Waals surface area contributed by atoms with Gasteiger partial charge in [0.2, 0.25) is 0 Å². The van der Waals surface area contributed by atoms with Crippen LogP contribution in [0, 0.1) is 11.6 Å². The fourth-order valence-corrected chi connectivity index (χ4v) is 1.49. The summed E-state index contributed by atoms with van der Waals surface area (Å²) in [7, 11) is 0. The molecule has 0 aliphatic heterocycles. The van der Waals surface area contributed by atoms with Crippen LogP contribution < -0.4 is 5.73 Å². The molecule has 0 atom stereocenters. The summed E-state index contributed by atoms with van der Waals surface area (Å²) in [6, 6.07) is 3.55. The molecule has 16 heavy (non-hydrogen) atoms. The Morgan fingerprint density at radius 3 is 2.62 bits per heavy atom. The molecule has 0 spiro atoms. The van der Waals surface area contributed by atoms with Crippen LogP contribution in [0.25, 0.3) is 5.69 Å². The number of benzene rings is 1. The Kier molecular flexibility index (Phi) is 2.60. The van der Waals surface area contributed by atoms with E-state index in [0.29, 0.717) is 11.5 Å². The first-order valence-electron chi connectivity index (χ1n) is 4.91. The Hall–Kier alpha value is -1.91. The zero-order valence-corrected chi connectivity index (χ0v) is 8.74. The second-order valence-electron chi connectivity index (χ2n) is 3.42. The van der Waals surface area contributed by atoms with E-state index in [1.165, 1.54) is 10.7 Å². The lowest BCUT2D eigenvalue weighted by Gasteiger charge is -2.05. The van der Waals surface area contributed by atoms with Crippen molar-refractivity contribution >= 4 is 5.82 Å². The summed E-state index contributed by atoms with van der Waals surface area (Å²) >= 11 is 0. The molecule has 2 aromatic rings. The number of aromatic nitrogens is 2. The third-order valence-corrected chi connectivity index (χ3v) is 2.41. The minimum Gasteiger partial charge on any atom is -0.383 e. The number of hydrogen-bond donors (Lipinski definition) is 1. The molecule has 0 saturated carbocycles. The molecule has 3 nitrogen and oxygen atoms in total. The second-order valence-corrected chi connectivity index (χ2v) is 3.42. The topological polar surface area (TPSA) is 43.8 Å². The van der Waals surface area contributed by atoms with Crippen LogP contribution in [0.3, 0.4) is 0 Å². The number of rotatable bonds is 2. The quantitative estimate of drug-likeness (QED) is 0.848. The lowest BCUT2D eigenvalue weighted by atomic mass is 10.2. The van der Waals surface area contributed by atoms with Crippen molar-refractivity contribution < 1.29 is 8.78 Å². The Bertz CT molecular complexity index is 520. The maximum absolute atomic E-state index is 13.0. The zero-order chi connectivity index (χ0) is 11.7. The van der Waals surface area contributed by atoms with Gasteiger partial charge in [-0.25, -0.2) is 13.5 Å². The Morgan fingerprint density at radius 2 is 2.06 bits per heavy atom. The van der Waals surface area contributed by atoms with Crippen molar-refractivity contribution in [1.29, 1.82) is 0 Å². The van der Waals surface area contributed by atoms with E-state index in [4.69, 9.17) is 5.73 Å². The average molecular weight is 223 g/mol. The summed E-state index contributed by atoms with van der Waals surface area (Å²) in [5, 5.41) is 4.03. The molecule has 84 valence electrons. The summed E-state index contributed by atoms with van der Waals surface area (Å²) in [5.41, 5.74) is 7.11. The van der Waals surface area contributed by atoms with Gasteiger partial charge in [-0.05, 0) is 18.6 Å². The molecule has 0 aliphatic rings. The van der Waals surface area contributed by atoms with Crippen LogP contribution in [0.4, 0.5) is 14.6 Å². The third kappa shape index (κ3) is 1.64. The number of aryl methyl sites for hydroxylation is 1. The zero-order valence-electron chi connectivity index (χ0n) is 8.74. The van der Waals surface area contributed by atoms with E-state index in [-0.39, 0.29) is 0 Å². The van der Waals surface area contributed by atoms with Gasteiger partial charge in [0, 0.05) is 11.6 Å². The number of nitrogens with zero attached hydrogens (tertiary/aromatic N) is 2. The van der Waals surface area contributed by atoms with Gasteiger partial charge in [-0.1, -0.05) is 6.92 Å². The van der Waals surface area contributed by atoms with E-state index in [9.17, 15) is 8.78 Å². The van der Waals surface area contributed by atoms with E-state index >= 15 is 0 Å². The highest BCUT2D eigenvalue weighted by Gasteiger charge is 2.09. The molecule has 0 amide bonds. The smallest absolute Gasteiger partial charge is 0.160 e. The first-order chi connectivity index (χ1) is 7.63. The van der Waals surface area contributed by atoms with Crippen molar-refractivity contribution in [3.05, 3.63) is 41.6 Å². The van der Waals surface area contributed by atoms with Crippen LogP contribution in [-0.2, 0) is 6.42 Å². The highest BCUT2D eigenvalue weighted by atomic mass is 19.2. The molecule has 1 heterocycles. The molecule has 1 aromatic heterocycles. The highest BCUT2D eigenvalue weighted by molar-refractivity contribution is 5.47. The van der Waals surface area contributed by atoms with Crippen molar-refractivity contribution in [2.75, 3.05) is 5.73 Å². The Labute approximate surface area is 91.5 Å². The van der Waals surface area contributed by atoms with Gasteiger partial charge < -0.3 is 5.73 Å². The van der Waals surface area contributed by atoms with Gasteiger partial charge in [0.25, 0.3) is 0 Å². The van der Waals surface area contributed by atoms with E-state index in [1.54, 1.807) is 6.20 Å². The number of nitrogens with two attached hydrogens (primary N) is 1. The van der Waals surface area contributed by atoms with E-state index in [0.717, 1.165) is 24.1 Å². The molecular weight excluding hydrogens is 212 g/mol. The summed E-state index contributed by atoms with van der Waals surface area (Å²) < 4.78 is 27.2. The fourth-order valence-electron chi connectivity index (χ4n) is 1.49. The third-order valence-electron chi connectivity index (χ3n) is 2.41. The SMILES string of the molecule is CCc1cnn(-c2ccc(F)c(F)c2)c1N. The molecule has 0 radical (unpaired) electrons. The second kappa shape index (κ2) is 3.92. The van der Waals surface area contributed by atoms with Crippen molar-refractivity contribution in [1.82, 2.24) is 9.78 Å². The standard InChI is InChI=1S/C11H11F2N3/c1-2-7-6-15-16(11(7)14)8-3-4-9(12)10(13)5-8/h3-6H,2,14H2,1H3. The van der Waals surface area contributed by atoms with Gasteiger partial charge in [-0.2, -0.15) is 5.10 Å². The van der Waals surface area contributed by atoms with Crippen LogP contribution in [-0.4, -0.2) is 9.78 Å². The van der Waals surface area contributed by atoms with E-state index in [2.05, 4.69) is 5.10 Å². The van der Waals surface area contributed by atoms with Crippen LogP contribution in [0.1, 0.15) is 12.5 Å². The number of nitrogen functional groups attached to an aromatic ring is 1. The van der Waals surface area contributed by atoms with Gasteiger partial charge in [-0.3, -0.25) is 0 Å².